The molecule has 1 amide bonds. The Bertz CT molecular complexity index is 1080. The van der Waals surface area contributed by atoms with Crippen molar-refractivity contribution in [3.8, 4) is 0 Å². The molecule has 2 heterocycles. The number of carbonyl (C=O) groups excluding carboxylic acids is 1. The van der Waals surface area contributed by atoms with Gasteiger partial charge in [-0.1, -0.05) is 43.3 Å². The summed E-state index contributed by atoms with van der Waals surface area (Å²) in [4.78, 5) is 16.4. The number of aromatic nitrogens is 1. The molecule has 2 aromatic carbocycles. The molecule has 7 nitrogen and oxygen atoms in total. The standard InChI is InChI=1S/C27H30N2O5S/c1-18-24(17-35-14-13-30)33-27(34-25(18)20-6-4-19(16-31)5-7-20)21-8-10-23(11-9-21)29-26(32)22-3-2-12-28-15-22/h2-12,15,18,24-25,27,30-31H,13-14,16-17H2,1H3,(H,29,32)/t18-,24+,25+,27+/m1/s1. The van der Waals surface area contributed by atoms with Crippen molar-refractivity contribution in [3.05, 3.63) is 95.3 Å². The summed E-state index contributed by atoms with van der Waals surface area (Å²) in [6, 6.07) is 18.7. The summed E-state index contributed by atoms with van der Waals surface area (Å²) < 4.78 is 12.8. The van der Waals surface area contributed by atoms with Gasteiger partial charge in [-0.25, -0.2) is 0 Å². The summed E-state index contributed by atoms with van der Waals surface area (Å²) >= 11 is 1.66. The van der Waals surface area contributed by atoms with Crippen LogP contribution < -0.4 is 5.32 Å². The van der Waals surface area contributed by atoms with Gasteiger partial charge in [0.15, 0.2) is 6.29 Å². The largest absolute Gasteiger partial charge is 0.396 e. The number of aliphatic hydroxyl groups is 2. The quantitative estimate of drug-likeness (QED) is 0.380. The number of pyridine rings is 1. The first-order valence-corrected chi connectivity index (χ1v) is 12.7. The molecule has 0 radical (unpaired) electrons. The summed E-state index contributed by atoms with van der Waals surface area (Å²) in [6.45, 7) is 2.24. The van der Waals surface area contributed by atoms with E-state index in [-0.39, 0.29) is 37.2 Å². The predicted octanol–water partition coefficient (Wildman–Crippen LogP) is 4.34. The van der Waals surface area contributed by atoms with E-state index in [1.165, 1.54) is 6.20 Å². The number of aliphatic hydroxyl groups excluding tert-OH is 2. The number of nitrogens with one attached hydrogen (secondary N) is 1. The molecule has 8 heteroatoms. The lowest BCUT2D eigenvalue weighted by Crippen LogP contribution is -2.38. The van der Waals surface area contributed by atoms with E-state index < -0.39 is 6.29 Å². The number of ether oxygens (including phenoxy) is 2. The molecular formula is C27H30N2O5S. The fourth-order valence-corrected chi connectivity index (χ4v) is 4.91. The second-order valence-corrected chi connectivity index (χ2v) is 9.59. The second-order valence-electron chi connectivity index (χ2n) is 8.44. The maximum atomic E-state index is 12.4. The van der Waals surface area contributed by atoms with Crippen LogP contribution in [0.2, 0.25) is 0 Å². The minimum Gasteiger partial charge on any atom is -0.396 e. The topological polar surface area (TPSA) is 101 Å². The lowest BCUT2D eigenvalue weighted by atomic mass is 9.91. The van der Waals surface area contributed by atoms with Gasteiger partial charge in [-0.05, 0) is 35.4 Å². The first-order chi connectivity index (χ1) is 17.1. The fourth-order valence-electron chi connectivity index (χ4n) is 4.00. The molecule has 1 saturated heterocycles. The predicted molar refractivity (Wildman–Crippen MR) is 136 cm³/mol. The van der Waals surface area contributed by atoms with Gasteiger partial charge in [-0.3, -0.25) is 9.78 Å². The molecule has 1 aromatic heterocycles. The minimum atomic E-state index is -0.573. The van der Waals surface area contributed by atoms with Gasteiger partial charge in [0, 0.05) is 41.1 Å². The first kappa shape index (κ1) is 25.3. The highest BCUT2D eigenvalue weighted by atomic mass is 32.2. The molecule has 4 atom stereocenters. The molecule has 1 aliphatic rings. The number of nitrogens with zero attached hydrogens (tertiary/aromatic N) is 1. The molecule has 1 aliphatic heterocycles. The average Bonchev–Trinajstić information content (AvgIpc) is 2.91. The van der Waals surface area contributed by atoms with E-state index in [0.29, 0.717) is 17.0 Å². The van der Waals surface area contributed by atoms with Gasteiger partial charge in [-0.15, -0.1) is 0 Å². The third kappa shape index (κ3) is 6.48. The molecule has 184 valence electrons. The second kappa shape index (κ2) is 12.3. The number of hydrogen-bond acceptors (Lipinski definition) is 7. The SMILES string of the molecule is C[C@@H]1[C@H](CSCCO)O[C@H](c2ccc(NC(=O)c3cccnc3)cc2)O[C@@H]1c1ccc(CO)cc1. The van der Waals surface area contributed by atoms with Gasteiger partial charge >= 0.3 is 0 Å². The molecule has 0 unspecified atom stereocenters. The number of rotatable bonds is 9. The molecule has 0 spiro atoms. The third-order valence-electron chi connectivity index (χ3n) is 6.01. The zero-order chi connectivity index (χ0) is 24.6. The van der Waals surface area contributed by atoms with Crippen molar-refractivity contribution >= 4 is 23.4 Å². The molecule has 0 saturated carbocycles. The minimum absolute atomic E-state index is 0.00279. The van der Waals surface area contributed by atoms with Crippen LogP contribution in [0.4, 0.5) is 5.69 Å². The van der Waals surface area contributed by atoms with E-state index in [1.54, 1.807) is 30.1 Å². The molecule has 0 bridgehead atoms. The van der Waals surface area contributed by atoms with E-state index in [1.807, 2.05) is 48.5 Å². The van der Waals surface area contributed by atoms with Crippen LogP contribution in [0.5, 0.6) is 0 Å². The van der Waals surface area contributed by atoms with Crippen molar-refractivity contribution in [2.75, 3.05) is 23.4 Å². The van der Waals surface area contributed by atoms with Gasteiger partial charge in [0.1, 0.15) is 0 Å². The summed E-state index contributed by atoms with van der Waals surface area (Å²) in [6.07, 6.45) is 2.32. The van der Waals surface area contributed by atoms with Crippen molar-refractivity contribution < 1.29 is 24.5 Å². The fraction of sp³-hybridized carbons (Fsp3) is 0.333. The summed E-state index contributed by atoms with van der Waals surface area (Å²) in [7, 11) is 0. The Morgan fingerprint density at radius 3 is 2.43 bits per heavy atom. The van der Waals surface area contributed by atoms with Crippen molar-refractivity contribution in [2.45, 2.75) is 32.0 Å². The van der Waals surface area contributed by atoms with Gasteiger partial charge in [0.2, 0.25) is 0 Å². The van der Waals surface area contributed by atoms with Crippen LogP contribution in [0.1, 0.15) is 46.4 Å². The van der Waals surface area contributed by atoms with Crippen LogP contribution in [0.3, 0.4) is 0 Å². The van der Waals surface area contributed by atoms with Crippen LogP contribution in [0, 0.1) is 5.92 Å². The van der Waals surface area contributed by atoms with Gasteiger partial charge < -0.3 is 25.0 Å². The number of hydrogen-bond donors (Lipinski definition) is 3. The summed E-state index contributed by atoms with van der Waals surface area (Å²) in [5.74, 6) is 1.26. The Labute approximate surface area is 209 Å². The van der Waals surface area contributed by atoms with Gasteiger partial charge in [-0.2, -0.15) is 11.8 Å². The van der Waals surface area contributed by atoms with Crippen molar-refractivity contribution in [1.82, 2.24) is 4.98 Å². The van der Waals surface area contributed by atoms with Crippen molar-refractivity contribution in [1.29, 1.82) is 0 Å². The third-order valence-corrected chi connectivity index (χ3v) is 7.04. The van der Waals surface area contributed by atoms with E-state index in [2.05, 4.69) is 17.2 Å². The van der Waals surface area contributed by atoms with Crippen LogP contribution >= 0.6 is 11.8 Å². The maximum Gasteiger partial charge on any atom is 0.257 e. The molecule has 0 aliphatic carbocycles. The Morgan fingerprint density at radius 2 is 1.77 bits per heavy atom. The molecule has 4 rings (SSSR count). The summed E-state index contributed by atoms with van der Waals surface area (Å²) in [5.41, 5.74) is 3.88. The molecular weight excluding hydrogens is 464 g/mol. The Hall–Kier alpha value is -2.75. The van der Waals surface area contributed by atoms with Crippen molar-refractivity contribution in [3.63, 3.8) is 0 Å². The molecule has 3 N–H and O–H groups in total. The number of amides is 1. The highest BCUT2D eigenvalue weighted by molar-refractivity contribution is 7.99. The molecule has 3 aromatic rings. The van der Waals surface area contributed by atoms with Crippen LogP contribution in [0.15, 0.2) is 73.1 Å². The number of anilines is 1. The number of benzene rings is 2. The lowest BCUT2D eigenvalue weighted by molar-refractivity contribution is -0.268. The monoisotopic (exact) mass is 494 g/mol. The van der Waals surface area contributed by atoms with Crippen molar-refractivity contribution in [2.24, 2.45) is 5.92 Å². The van der Waals surface area contributed by atoms with E-state index in [0.717, 1.165) is 22.4 Å². The molecule has 1 fully saturated rings. The zero-order valence-electron chi connectivity index (χ0n) is 19.5. The lowest BCUT2D eigenvalue weighted by Gasteiger charge is -2.41. The summed E-state index contributed by atoms with van der Waals surface area (Å²) in [5, 5.41) is 21.5. The van der Waals surface area contributed by atoms with Crippen LogP contribution in [-0.4, -0.2) is 45.3 Å². The Balaban J connectivity index is 1.50. The van der Waals surface area contributed by atoms with E-state index in [4.69, 9.17) is 9.47 Å². The maximum absolute atomic E-state index is 12.4. The normalized spacial score (nSPS) is 22.0. The smallest absolute Gasteiger partial charge is 0.257 e. The van der Waals surface area contributed by atoms with E-state index in [9.17, 15) is 15.0 Å². The first-order valence-electron chi connectivity index (χ1n) is 11.6. The highest BCUT2D eigenvalue weighted by Gasteiger charge is 2.38. The van der Waals surface area contributed by atoms with Gasteiger partial charge in [0.25, 0.3) is 5.91 Å². The molecule has 35 heavy (non-hydrogen) atoms. The van der Waals surface area contributed by atoms with E-state index >= 15 is 0 Å². The number of thioether (sulfide) groups is 1. The van der Waals surface area contributed by atoms with Crippen LogP contribution in [-0.2, 0) is 16.1 Å². The van der Waals surface area contributed by atoms with Gasteiger partial charge in [0.05, 0.1) is 31.0 Å². The highest BCUT2D eigenvalue weighted by Crippen LogP contribution is 2.42. The average molecular weight is 495 g/mol. The zero-order valence-corrected chi connectivity index (χ0v) is 20.4. The van der Waals surface area contributed by atoms with Crippen LogP contribution in [0.25, 0.3) is 0 Å². The Kier molecular flexibility index (Phi) is 8.90. The Morgan fingerprint density at radius 1 is 1.03 bits per heavy atom. The number of carbonyl (C=O) groups is 1.